The van der Waals surface area contributed by atoms with Crippen LogP contribution in [0.3, 0.4) is 0 Å². The van der Waals surface area contributed by atoms with Crippen molar-refractivity contribution in [3.63, 3.8) is 0 Å². The number of nitrogens with zero attached hydrogens (tertiary/aromatic N) is 1. The van der Waals surface area contributed by atoms with Gasteiger partial charge in [0, 0.05) is 37.4 Å². The average molecular weight is 392 g/mol. The first-order valence-electron chi connectivity index (χ1n) is 8.71. The van der Waals surface area contributed by atoms with E-state index in [0.717, 1.165) is 30.9 Å². The maximum atomic E-state index is 12.0. The minimum Gasteiger partial charge on any atom is -0.385 e. The molecule has 1 aromatic carbocycles. The van der Waals surface area contributed by atoms with E-state index in [-0.39, 0.29) is 17.7 Å². The Labute approximate surface area is 162 Å². The number of rotatable bonds is 7. The van der Waals surface area contributed by atoms with Gasteiger partial charge in [-0.15, -0.1) is 11.3 Å². The molecule has 2 heterocycles. The van der Waals surface area contributed by atoms with Gasteiger partial charge in [0.2, 0.25) is 5.91 Å². The molecule has 1 fully saturated rings. The van der Waals surface area contributed by atoms with E-state index in [1.54, 1.807) is 12.1 Å². The highest BCUT2D eigenvalue weighted by atomic mass is 35.5. The Morgan fingerprint density at radius 3 is 2.62 bits per heavy atom. The largest absolute Gasteiger partial charge is 0.385 e. The highest BCUT2D eigenvalue weighted by molar-refractivity contribution is 7.17. The fourth-order valence-corrected chi connectivity index (χ4v) is 3.79. The molecule has 1 atom stereocenters. The van der Waals surface area contributed by atoms with Crippen molar-refractivity contribution in [2.24, 2.45) is 5.92 Å². The third-order valence-corrected chi connectivity index (χ3v) is 5.55. The summed E-state index contributed by atoms with van der Waals surface area (Å²) in [5, 5.41) is 6.30. The van der Waals surface area contributed by atoms with E-state index < -0.39 is 0 Å². The quantitative estimate of drug-likeness (QED) is 0.749. The third-order valence-electron chi connectivity index (χ3n) is 4.32. The van der Waals surface area contributed by atoms with E-state index in [9.17, 15) is 9.59 Å². The Bertz CT molecular complexity index is 775. The monoisotopic (exact) mass is 391 g/mol. The van der Waals surface area contributed by atoms with Crippen LogP contribution in [-0.2, 0) is 4.79 Å². The Morgan fingerprint density at radius 1 is 1.23 bits per heavy atom. The molecule has 0 spiro atoms. The normalized spacial score (nSPS) is 15.2. The summed E-state index contributed by atoms with van der Waals surface area (Å²) in [5.41, 5.74) is 1.96. The van der Waals surface area contributed by atoms with E-state index >= 15 is 0 Å². The highest BCUT2D eigenvalue weighted by Crippen LogP contribution is 2.23. The minimum atomic E-state index is -0.0895. The van der Waals surface area contributed by atoms with Gasteiger partial charge in [-0.1, -0.05) is 18.5 Å². The van der Waals surface area contributed by atoms with Crippen LogP contribution in [-0.4, -0.2) is 31.4 Å². The second-order valence-corrected chi connectivity index (χ2v) is 8.21. The van der Waals surface area contributed by atoms with E-state index in [1.807, 2.05) is 29.2 Å². The zero-order valence-corrected chi connectivity index (χ0v) is 16.2. The minimum absolute atomic E-state index is 0.0895. The number of halogens is 1. The molecule has 3 rings (SSSR count). The molecule has 0 saturated carbocycles. The number of amides is 2. The number of nitrogens with one attached hydrogen (secondary N) is 2. The summed E-state index contributed by atoms with van der Waals surface area (Å²) in [6.45, 7) is 4.21. The number of benzene rings is 1. The Kier molecular flexibility index (Phi) is 6.16. The van der Waals surface area contributed by atoms with Gasteiger partial charge in [0.1, 0.15) is 0 Å². The predicted octanol–water partition coefficient (Wildman–Crippen LogP) is 4.01. The fraction of sp³-hybridized carbons (Fsp3) is 0.368. The van der Waals surface area contributed by atoms with E-state index in [2.05, 4.69) is 17.6 Å². The molecule has 2 N–H and O–H groups in total. The van der Waals surface area contributed by atoms with Crippen LogP contribution < -0.4 is 15.5 Å². The Hall–Kier alpha value is -2.05. The second kappa shape index (κ2) is 8.56. The van der Waals surface area contributed by atoms with Gasteiger partial charge in [-0.2, -0.15) is 0 Å². The zero-order chi connectivity index (χ0) is 18.5. The van der Waals surface area contributed by atoms with Crippen molar-refractivity contribution < 1.29 is 9.59 Å². The SMILES string of the molecule is CC(CNC(=O)c1ccc(Cl)s1)CNc1ccc(N2CCCC2=O)cc1. The smallest absolute Gasteiger partial charge is 0.261 e. The Morgan fingerprint density at radius 2 is 2.00 bits per heavy atom. The molecular formula is C19H22ClN3O2S. The molecule has 0 bridgehead atoms. The van der Waals surface area contributed by atoms with Crippen molar-refractivity contribution in [2.45, 2.75) is 19.8 Å². The summed E-state index contributed by atoms with van der Waals surface area (Å²) in [7, 11) is 0. The van der Waals surface area contributed by atoms with Crippen LogP contribution >= 0.6 is 22.9 Å². The van der Waals surface area contributed by atoms with Gasteiger partial charge in [0.05, 0.1) is 9.21 Å². The van der Waals surface area contributed by atoms with Gasteiger partial charge in [0.15, 0.2) is 0 Å². The molecule has 138 valence electrons. The maximum absolute atomic E-state index is 12.0. The lowest BCUT2D eigenvalue weighted by molar-refractivity contribution is -0.117. The fourth-order valence-electron chi connectivity index (χ4n) is 2.83. The molecule has 1 unspecified atom stereocenters. The molecule has 1 saturated heterocycles. The van der Waals surface area contributed by atoms with Gasteiger partial charge in [-0.05, 0) is 48.7 Å². The lowest BCUT2D eigenvalue weighted by Crippen LogP contribution is -2.30. The Balaban J connectivity index is 1.43. The van der Waals surface area contributed by atoms with Crippen molar-refractivity contribution in [3.05, 3.63) is 45.6 Å². The molecule has 0 radical (unpaired) electrons. The van der Waals surface area contributed by atoms with Crippen LogP contribution in [0.1, 0.15) is 29.4 Å². The molecule has 5 nitrogen and oxygen atoms in total. The third kappa shape index (κ3) is 4.77. The number of hydrogen-bond acceptors (Lipinski definition) is 4. The van der Waals surface area contributed by atoms with Crippen LogP contribution in [0.15, 0.2) is 36.4 Å². The molecular weight excluding hydrogens is 370 g/mol. The van der Waals surface area contributed by atoms with Gasteiger partial charge in [0.25, 0.3) is 5.91 Å². The lowest BCUT2D eigenvalue weighted by atomic mass is 10.1. The van der Waals surface area contributed by atoms with Crippen molar-refractivity contribution >= 4 is 46.1 Å². The number of thiophene rings is 1. The summed E-state index contributed by atoms with van der Waals surface area (Å²) in [6.07, 6.45) is 1.57. The maximum Gasteiger partial charge on any atom is 0.261 e. The molecule has 26 heavy (non-hydrogen) atoms. The van der Waals surface area contributed by atoms with Crippen LogP contribution in [0.25, 0.3) is 0 Å². The summed E-state index contributed by atoms with van der Waals surface area (Å²) in [6, 6.07) is 11.4. The highest BCUT2D eigenvalue weighted by Gasteiger charge is 2.21. The van der Waals surface area contributed by atoms with Gasteiger partial charge < -0.3 is 15.5 Å². The van der Waals surface area contributed by atoms with Crippen molar-refractivity contribution in [1.29, 1.82) is 0 Å². The standard InChI is InChI=1S/C19H22ClN3O2S/c1-13(12-22-19(25)16-8-9-17(20)26-16)11-21-14-4-6-15(7-5-14)23-10-2-3-18(23)24/h4-9,13,21H,2-3,10-12H2,1H3,(H,22,25). The number of hydrogen-bond donors (Lipinski definition) is 2. The molecule has 0 aliphatic carbocycles. The van der Waals surface area contributed by atoms with Crippen molar-refractivity contribution in [3.8, 4) is 0 Å². The number of carbonyl (C=O) groups is 2. The van der Waals surface area contributed by atoms with Crippen LogP contribution in [0.4, 0.5) is 11.4 Å². The van der Waals surface area contributed by atoms with Gasteiger partial charge in [-0.25, -0.2) is 0 Å². The van der Waals surface area contributed by atoms with Gasteiger partial charge >= 0.3 is 0 Å². The molecule has 2 amide bonds. The lowest BCUT2D eigenvalue weighted by Gasteiger charge is -2.17. The number of anilines is 2. The first kappa shape index (κ1) is 18.7. The summed E-state index contributed by atoms with van der Waals surface area (Å²) < 4.78 is 0.615. The van der Waals surface area contributed by atoms with Crippen molar-refractivity contribution in [2.75, 3.05) is 29.9 Å². The molecule has 1 aliphatic heterocycles. The average Bonchev–Trinajstić information content (AvgIpc) is 3.26. The van der Waals surface area contributed by atoms with Crippen molar-refractivity contribution in [1.82, 2.24) is 5.32 Å². The zero-order valence-electron chi connectivity index (χ0n) is 14.6. The predicted molar refractivity (Wildman–Crippen MR) is 107 cm³/mol. The summed E-state index contributed by atoms with van der Waals surface area (Å²) in [4.78, 5) is 26.2. The van der Waals surface area contributed by atoms with Crippen LogP contribution in [0.2, 0.25) is 4.34 Å². The first-order chi connectivity index (χ1) is 12.5. The van der Waals surface area contributed by atoms with Gasteiger partial charge in [-0.3, -0.25) is 9.59 Å². The molecule has 2 aromatic rings. The number of carbonyl (C=O) groups excluding carboxylic acids is 2. The molecule has 7 heteroatoms. The second-order valence-electron chi connectivity index (χ2n) is 6.50. The molecule has 1 aromatic heterocycles. The van der Waals surface area contributed by atoms with E-state index in [0.29, 0.717) is 22.2 Å². The summed E-state index contributed by atoms with van der Waals surface area (Å²) >= 11 is 7.13. The molecule has 1 aliphatic rings. The van der Waals surface area contributed by atoms with E-state index in [4.69, 9.17) is 11.6 Å². The van der Waals surface area contributed by atoms with E-state index in [1.165, 1.54) is 11.3 Å². The van der Waals surface area contributed by atoms with Crippen LogP contribution in [0, 0.1) is 5.92 Å². The topological polar surface area (TPSA) is 61.4 Å². The first-order valence-corrected chi connectivity index (χ1v) is 9.90. The van der Waals surface area contributed by atoms with Crippen LogP contribution in [0.5, 0.6) is 0 Å². The summed E-state index contributed by atoms with van der Waals surface area (Å²) in [5.74, 6) is 0.379.